The van der Waals surface area contributed by atoms with Gasteiger partial charge in [-0.2, -0.15) is 0 Å². The molecule has 2 atom stereocenters. The number of nitro benzene ring substituents is 1. The first-order valence-electron chi connectivity index (χ1n) is 8.88. The van der Waals surface area contributed by atoms with Gasteiger partial charge in [0.2, 0.25) is 0 Å². The monoisotopic (exact) mass is 385 g/mol. The fraction of sp³-hybridized carbons (Fsp3) is 0.368. The van der Waals surface area contributed by atoms with E-state index in [1.54, 1.807) is 18.3 Å². The summed E-state index contributed by atoms with van der Waals surface area (Å²) in [5.74, 6) is 1.57. The molecule has 2 aromatic heterocycles. The minimum atomic E-state index is -0.485. The predicted octanol–water partition coefficient (Wildman–Crippen LogP) is 4.16. The first-order chi connectivity index (χ1) is 12.9. The Morgan fingerprint density at radius 3 is 2.81 bits per heavy atom. The first-order valence-corrected chi connectivity index (χ1v) is 9.69. The van der Waals surface area contributed by atoms with Crippen LogP contribution in [0.5, 0.6) is 5.75 Å². The number of hydrogen-bond acceptors (Lipinski definition) is 6. The lowest BCUT2D eigenvalue weighted by Crippen LogP contribution is -2.17. The molecule has 0 unspecified atom stereocenters. The Morgan fingerprint density at radius 2 is 2.11 bits per heavy atom. The van der Waals surface area contributed by atoms with Gasteiger partial charge in [-0.15, -0.1) is 11.3 Å². The maximum absolute atomic E-state index is 12.7. The average Bonchev–Trinajstić information content (AvgIpc) is 2.99. The SMILES string of the molecule is C[C@H]1CCc2c(sc3nc([C@H](C)Oc4ccc([N+](=O)[O-])cc4)[nH]c(=O)c23)C1. The predicted molar refractivity (Wildman–Crippen MR) is 104 cm³/mol. The maximum atomic E-state index is 12.7. The number of nitro groups is 1. The molecule has 1 aliphatic rings. The summed E-state index contributed by atoms with van der Waals surface area (Å²) < 4.78 is 5.81. The zero-order valence-electron chi connectivity index (χ0n) is 15.0. The van der Waals surface area contributed by atoms with E-state index >= 15 is 0 Å². The number of non-ortho nitro benzene ring substituents is 1. The van der Waals surface area contributed by atoms with E-state index < -0.39 is 11.0 Å². The van der Waals surface area contributed by atoms with Gasteiger partial charge in [-0.05, 0) is 49.8 Å². The van der Waals surface area contributed by atoms with Crippen LogP contribution in [0.15, 0.2) is 29.1 Å². The second-order valence-corrected chi connectivity index (χ2v) is 8.08. The fourth-order valence-electron chi connectivity index (χ4n) is 3.46. The number of aromatic nitrogens is 2. The third-order valence-electron chi connectivity index (χ3n) is 4.93. The van der Waals surface area contributed by atoms with Crippen LogP contribution in [0.4, 0.5) is 5.69 Å². The minimum absolute atomic E-state index is 0.00125. The Labute approximate surface area is 159 Å². The van der Waals surface area contributed by atoms with Gasteiger partial charge in [0, 0.05) is 17.0 Å². The molecule has 0 saturated carbocycles. The molecule has 1 aromatic carbocycles. The number of nitrogens with one attached hydrogen (secondary N) is 1. The van der Waals surface area contributed by atoms with Crippen molar-refractivity contribution >= 4 is 27.2 Å². The smallest absolute Gasteiger partial charge is 0.269 e. The molecule has 0 amide bonds. The second kappa shape index (κ2) is 6.77. The van der Waals surface area contributed by atoms with Crippen molar-refractivity contribution in [1.29, 1.82) is 0 Å². The third kappa shape index (κ3) is 3.32. The zero-order valence-corrected chi connectivity index (χ0v) is 15.8. The van der Waals surface area contributed by atoms with Gasteiger partial charge in [0.15, 0.2) is 11.9 Å². The fourth-order valence-corrected chi connectivity index (χ4v) is 4.85. The molecule has 0 bridgehead atoms. The van der Waals surface area contributed by atoms with Crippen molar-refractivity contribution < 1.29 is 9.66 Å². The molecule has 2 heterocycles. The standard InChI is InChI=1S/C19H19N3O4S/c1-10-3-8-14-15(9-10)27-19-16(14)18(23)20-17(21-19)11(2)26-13-6-4-12(5-7-13)22(24)25/h4-7,10-11H,3,8-9H2,1-2H3,(H,20,21,23)/t10-,11-/m0/s1. The van der Waals surface area contributed by atoms with Crippen LogP contribution in [-0.2, 0) is 12.8 Å². The number of rotatable bonds is 4. The number of benzene rings is 1. The van der Waals surface area contributed by atoms with Crippen molar-refractivity contribution in [2.75, 3.05) is 0 Å². The van der Waals surface area contributed by atoms with Crippen LogP contribution in [0.2, 0.25) is 0 Å². The van der Waals surface area contributed by atoms with Crippen LogP contribution < -0.4 is 10.3 Å². The molecule has 7 nitrogen and oxygen atoms in total. The Morgan fingerprint density at radius 1 is 1.37 bits per heavy atom. The summed E-state index contributed by atoms with van der Waals surface area (Å²) in [6.07, 6.45) is 2.54. The first kappa shape index (κ1) is 17.7. The van der Waals surface area contributed by atoms with Gasteiger partial charge in [-0.25, -0.2) is 4.98 Å². The van der Waals surface area contributed by atoms with Crippen LogP contribution in [-0.4, -0.2) is 14.9 Å². The summed E-state index contributed by atoms with van der Waals surface area (Å²) in [6, 6.07) is 5.85. The van der Waals surface area contributed by atoms with Crippen LogP contribution in [0.1, 0.15) is 42.6 Å². The summed E-state index contributed by atoms with van der Waals surface area (Å²) in [5, 5.41) is 11.5. The molecule has 8 heteroatoms. The molecule has 0 radical (unpaired) electrons. The quantitative estimate of drug-likeness (QED) is 0.537. The topological polar surface area (TPSA) is 98.1 Å². The number of H-pyrrole nitrogens is 1. The number of nitrogens with zero attached hydrogens (tertiary/aromatic N) is 2. The van der Waals surface area contributed by atoms with Crippen LogP contribution >= 0.6 is 11.3 Å². The second-order valence-electron chi connectivity index (χ2n) is 6.99. The van der Waals surface area contributed by atoms with Gasteiger partial charge in [-0.1, -0.05) is 6.92 Å². The molecule has 0 spiro atoms. The van der Waals surface area contributed by atoms with Gasteiger partial charge in [0.25, 0.3) is 11.2 Å². The minimum Gasteiger partial charge on any atom is -0.483 e. The molecule has 3 aromatic rings. The van der Waals surface area contributed by atoms with Crippen LogP contribution in [0.3, 0.4) is 0 Å². The van der Waals surface area contributed by atoms with Crippen LogP contribution in [0, 0.1) is 16.0 Å². The summed E-state index contributed by atoms with van der Waals surface area (Å²) in [4.78, 5) is 32.5. The van der Waals surface area contributed by atoms with Gasteiger partial charge < -0.3 is 9.72 Å². The molecule has 27 heavy (non-hydrogen) atoms. The van der Waals surface area contributed by atoms with Crippen LogP contribution in [0.25, 0.3) is 10.2 Å². The Bertz CT molecular complexity index is 1070. The van der Waals surface area contributed by atoms with E-state index in [2.05, 4.69) is 16.9 Å². The molecule has 4 rings (SSSR count). The Kier molecular flexibility index (Phi) is 4.43. The number of thiophene rings is 1. The summed E-state index contributed by atoms with van der Waals surface area (Å²) in [6.45, 7) is 4.03. The van der Waals surface area contributed by atoms with Gasteiger partial charge >= 0.3 is 0 Å². The van der Waals surface area contributed by atoms with Gasteiger partial charge in [0.05, 0.1) is 10.3 Å². The molecular formula is C19H19N3O4S. The lowest BCUT2D eigenvalue weighted by atomic mass is 9.89. The van der Waals surface area contributed by atoms with E-state index in [1.165, 1.54) is 29.1 Å². The number of fused-ring (bicyclic) bond motifs is 3. The molecule has 1 aliphatic carbocycles. The summed E-state index contributed by atoms with van der Waals surface area (Å²) in [5.41, 5.74) is 1.03. The van der Waals surface area contributed by atoms with Crippen molar-refractivity contribution in [3.8, 4) is 5.75 Å². The molecule has 140 valence electrons. The van der Waals surface area contributed by atoms with E-state index in [0.717, 1.165) is 29.7 Å². The molecule has 1 N–H and O–H groups in total. The highest BCUT2D eigenvalue weighted by atomic mass is 32.1. The molecule has 0 fully saturated rings. The van der Waals surface area contributed by atoms with Crippen molar-refractivity contribution in [1.82, 2.24) is 9.97 Å². The number of ether oxygens (including phenoxy) is 1. The van der Waals surface area contributed by atoms with Gasteiger partial charge in [-0.3, -0.25) is 14.9 Å². The highest BCUT2D eigenvalue weighted by molar-refractivity contribution is 7.18. The lowest BCUT2D eigenvalue weighted by molar-refractivity contribution is -0.384. The highest BCUT2D eigenvalue weighted by Gasteiger charge is 2.24. The maximum Gasteiger partial charge on any atom is 0.269 e. The zero-order chi connectivity index (χ0) is 19.1. The number of aryl methyl sites for hydroxylation is 1. The number of aromatic amines is 1. The normalized spacial score (nSPS) is 17.5. The average molecular weight is 385 g/mol. The van der Waals surface area contributed by atoms with Crippen molar-refractivity contribution in [2.24, 2.45) is 5.92 Å². The number of hydrogen-bond donors (Lipinski definition) is 1. The highest BCUT2D eigenvalue weighted by Crippen LogP contribution is 2.36. The molecule has 0 saturated heterocycles. The Hall–Kier alpha value is -2.74. The Balaban J connectivity index is 1.63. The summed E-state index contributed by atoms with van der Waals surface area (Å²) >= 11 is 1.60. The van der Waals surface area contributed by atoms with E-state index in [4.69, 9.17) is 4.74 Å². The molecular weight excluding hydrogens is 366 g/mol. The van der Waals surface area contributed by atoms with Crippen molar-refractivity contribution in [3.63, 3.8) is 0 Å². The third-order valence-corrected chi connectivity index (χ3v) is 6.08. The molecule has 0 aliphatic heterocycles. The van der Waals surface area contributed by atoms with Crippen molar-refractivity contribution in [3.05, 3.63) is 61.0 Å². The lowest BCUT2D eigenvalue weighted by Gasteiger charge is -2.17. The van der Waals surface area contributed by atoms with E-state index in [0.29, 0.717) is 22.9 Å². The summed E-state index contributed by atoms with van der Waals surface area (Å²) in [7, 11) is 0. The van der Waals surface area contributed by atoms with Gasteiger partial charge in [0.1, 0.15) is 10.6 Å². The van der Waals surface area contributed by atoms with E-state index in [1.807, 2.05) is 0 Å². The van der Waals surface area contributed by atoms with E-state index in [-0.39, 0.29) is 11.2 Å². The van der Waals surface area contributed by atoms with Crippen molar-refractivity contribution in [2.45, 2.75) is 39.2 Å². The van der Waals surface area contributed by atoms with E-state index in [9.17, 15) is 14.9 Å². The largest absolute Gasteiger partial charge is 0.483 e.